The SMILES string of the molecule is Cc1nc(C2CC(c3ccncc3)NN2)n(CC(=O)O)n1. The first kappa shape index (κ1) is 13.7. The number of nitrogens with zero attached hydrogens (tertiary/aromatic N) is 4. The van der Waals surface area contributed by atoms with Gasteiger partial charge in [-0.15, -0.1) is 0 Å². The van der Waals surface area contributed by atoms with Crippen molar-refractivity contribution < 1.29 is 9.90 Å². The number of carboxylic acids is 1. The number of hydrogen-bond donors (Lipinski definition) is 3. The van der Waals surface area contributed by atoms with Crippen molar-refractivity contribution in [3.63, 3.8) is 0 Å². The lowest BCUT2D eigenvalue weighted by atomic mass is 10.0. The highest BCUT2D eigenvalue weighted by Crippen LogP contribution is 2.29. The second-order valence-corrected chi connectivity index (χ2v) is 4.98. The molecule has 8 heteroatoms. The summed E-state index contributed by atoms with van der Waals surface area (Å²) in [5.74, 6) is 0.275. The highest BCUT2D eigenvalue weighted by atomic mass is 16.4. The summed E-state index contributed by atoms with van der Waals surface area (Å²) in [4.78, 5) is 19.3. The fourth-order valence-electron chi connectivity index (χ4n) is 2.51. The molecular weight excluding hydrogens is 272 g/mol. The van der Waals surface area contributed by atoms with Crippen molar-refractivity contribution in [2.75, 3.05) is 0 Å². The van der Waals surface area contributed by atoms with Crippen molar-refractivity contribution in [1.29, 1.82) is 0 Å². The number of carboxylic acid groups (broad SMARTS) is 1. The summed E-state index contributed by atoms with van der Waals surface area (Å²) in [5.41, 5.74) is 7.49. The Morgan fingerprint density at radius 1 is 1.38 bits per heavy atom. The Hall–Kier alpha value is -2.32. The molecule has 0 amide bonds. The Kier molecular flexibility index (Phi) is 3.63. The van der Waals surface area contributed by atoms with Gasteiger partial charge in [-0.25, -0.2) is 20.5 Å². The van der Waals surface area contributed by atoms with Crippen LogP contribution >= 0.6 is 0 Å². The van der Waals surface area contributed by atoms with E-state index in [9.17, 15) is 4.79 Å². The second-order valence-electron chi connectivity index (χ2n) is 4.98. The van der Waals surface area contributed by atoms with Crippen LogP contribution in [0.4, 0.5) is 0 Å². The minimum Gasteiger partial charge on any atom is -0.480 e. The molecule has 2 aromatic rings. The summed E-state index contributed by atoms with van der Waals surface area (Å²) >= 11 is 0. The Morgan fingerprint density at radius 2 is 2.10 bits per heavy atom. The Balaban J connectivity index is 1.79. The van der Waals surface area contributed by atoms with Crippen molar-refractivity contribution in [3.05, 3.63) is 41.7 Å². The van der Waals surface area contributed by atoms with Crippen molar-refractivity contribution in [3.8, 4) is 0 Å². The first-order valence-electron chi connectivity index (χ1n) is 6.67. The number of hydrazine groups is 1. The van der Waals surface area contributed by atoms with E-state index < -0.39 is 5.97 Å². The second kappa shape index (κ2) is 5.58. The molecule has 0 aliphatic carbocycles. The van der Waals surface area contributed by atoms with Gasteiger partial charge in [0.2, 0.25) is 0 Å². The third-order valence-corrected chi connectivity index (χ3v) is 3.41. The standard InChI is InChI=1S/C13H16N6O2/c1-8-15-13(19(18-8)7-12(20)21)11-6-10(16-17-11)9-2-4-14-5-3-9/h2-5,10-11,16-17H,6-7H2,1H3,(H,20,21). The number of aryl methyl sites for hydroxylation is 1. The first-order chi connectivity index (χ1) is 10.1. The van der Waals surface area contributed by atoms with Gasteiger partial charge >= 0.3 is 5.97 Å². The minimum absolute atomic E-state index is 0.0799. The molecule has 0 saturated carbocycles. The lowest BCUT2D eigenvalue weighted by molar-refractivity contribution is -0.137. The van der Waals surface area contributed by atoms with Crippen molar-refractivity contribution in [1.82, 2.24) is 30.6 Å². The summed E-state index contributed by atoms with van der Waals surface area (Å²) in [6, 6.07) is 3.96. The van der Waals surface area contributed by atoms with E-state index >= 15 is 0 Å². The molecular formula is C13H16N6O2. The highest BCUT2D eigenvalue weighted by Gasteiger charge is 2.30. The third-order valence-electron chi connectivity index (χ3n) is 3.41. The fourth-order valence-corrected chi connectivity index (χ4v) is 2.51. The maximum Gasteiger partial charge on any atom is 0.325 e. The molecule has 1 saturated heterocycles. The number of aliphatic carboxylic acids is 1. The van der Waals surface area contributed by atoms with E-state index in [0.29, 0.717) is 11.6 Å². The van der Waals surface area contributed by atoms with Crippen LogP contribution in [0.3, 0.4) is 0 Å². The molecule has 0 bridgehead atoms. The van der Waals surface area contributed by atoms with Crippen LogP contribution in [0.5, 0.6) is 0 Å². The van der Waals surface area contributed by atoms with E-state index in [-0.39, 0.29) is 18.6 Å². The van der Waals surface area contributed by atoms with Gasteiger partial charge in [0.05, 0.1) is 6.04 Å². The number of nitrogens with one attached hydrogen (secondary N) is 2. The molecule has 2 unspecified atom stereocenters. The Labute approximate surface area is 121 Å². The van der Waals surface area contributed by atoms with E-state index in [1.54, 1.807) is 19.3 Å². The van der Waals surface area contributed by atoms with Crippen LogP contribution in [-0.4, -0.2) is 30.8 Å². The van der Waals surface area contributed by atoms with E-state index in [4.69, 9.17) is 5.11 Å². The highest BCUT2D eigenvalue weighted by molar-refractivity contribution is 5.66. The van der Waals surface area contributed by atoms with Gasteiger partial charge < -0.3 is 5.11 Å². The molecule has 3 rings (SSSR count). The first-order valence-corrected chi connectivity index (χ1v) is 6.67. The minimum atomic E-state index is -0.933. The van der Waals surface area contributed by atoms with Gasteiger partial charge in [0.15, 0.2) is 0 Å². The van der Waals surface area contributed by atoms with Gasteiger partial charge in [-0.1, -0.05) is 0 Å². The number of carbonyl (C=O) groups is 1. The molecule has 1 aliphatic rings. The van der Waals surface area contributed by atoms with Crippen LogP contribution in [0.1, 0.15) is 35.7 Å². The summed E-state index contributed by atoms with van der Waals surface area (Å²) in [7, 11) is 0. The van der Waals surface area contributed by atoms with Gasteiger partial charge in [-0.3, -0.25) is 9.78 Å². The van der Waals surface area contributed by atoms with Gasteiger partial charge in [-0.2, -0.15) is 5.10 Å². The molecule has 21 heavy (non-hydrogen) atoms. The van der Waals surface area contributed by atoms with Gasteiger partial charge in [0, 0.05) is 18.4 Å². The zero-order chi connectivity index (χ0) is 14.8. The van der Waals surface area contributed by atoms with E-state index in [2.05, 4.69) is 25.9 Å². The van der Waals surface area contributed by atoms with Crippen LogP contribution in [0.2, 0.25) is 0 Å². The lowest BCUT2D eigenvalue weighted by Gasteiger charge is -2.09. The average Bonchev–Trinajstić information content (AvgIpc) is 3.06. The number of hydrogen-bond acceptors (Lipinski definition) is 6. The topological polar surface area (TPSA) is 105 Å². The number of rotatable bonds is 4. The summed E-state index contributed by atoms with van der Waals surface area (Å²) in [5, 5.41) is 13.1. The van der Waals surface area contributed by atoms with Crippen LogP contribution in [0, 0.1) is 6.92 Å². The number of pyridine rings is 1. The van der Waals surface area contributed by atoms with Crippen LogP contribution in [0.25, 0.3) is 0 Å². The molecule has 0 aromatic carbocycles. The van der Waals surface area contributed by atoms with Crippen molar-refractivity contribution >= 4 is 5.97 Å². The van der Waals surface area contributed by atoms with Gasteiger partial charge in [0.25, 0.3) is 0 Å². The van der Waals surface area contributed by atoms with E-state index in [0.717, 1.165) is 12.0 Å². The van der Waals surface area contributed by atoms with Crippen LogP contribution < -0.4 is 10.9 Å². The molecule has 8 nitrogen and oxygen atoms in total. The normalized spacial score (nSPS) is 21.6. The summed E-state index contributed by atoms with van der Waals surface area (Å²) < 4.78 is 1.44. The molecule has 0 spiro atoms. The van der Waals surface area contributed by atoms with Gasteiger partial charge in [-0.05, 0) is 31.0 Å². The molecule has 110 valence electrons. The molecule has 3 N–H and O–H groups in total. The Morgan fingerprint density at radius 3 is 2.81 bits per heavy atom. The van der Waals surface area contributed by atoms with E-state index in [1.165, 1.54) is 4.68 Å². The van der Waals surface area contributed by atoms with E-state index in [1.807, 2.05) is 12.1 Å². The maximum atomic E-state index is 10.9. The van der Waals surface area contributed by atoms with Crippen LogP contribution in [-0.2, 0) is 11.3 Å². The third kappa shape index (κ3) is 2.91. The smallest absolute Gasteiger partial charge is 0.325 e. The predicted octanol–water partition coefficient (Wildman–Crippen LogP) is 0.346. The lowest BCUT2D eigenvalue weighted by Crippen LogP contribution is -2.28. The van der Waals surface area contributed by atoms with Crippen molar-refractivity contribution in [2.24, 2.45) is 0 Å². The quantitative estimate of drug-likeness (QED) is 0.745. The van der Waals surface area contributed by atoms with Crippen LogP contribution in [0.15, 0.2) is 24.5 Å². The zero-order valence-electron chi connectivity index (χ0n) is 11.5. The fraction of sp³-hybridized carbons (Fsp3) is 0.385. The molecule has 2 aromatic heterocycles. The molecule has 2 atom stereocenters. The monoisotopic (exact) mass is 288 g/mol. The average molecular weight is 288 g/mol. The van der Waals surface area contributed by atoms with Crippen molar-refractivity contribution in [2.45, 2.75) is 32.0 Å². The largest absolute Gasteiger partial charge is 0.480 e. The zero-order valence-corrected chi connectivity index (χ0v) is 11.5. The summed E-state index contributed by atoms with van der Waals surface area (Å²) in [6.07, 6.45) is 4.27. The maximum absolute atomic E-state index is 10.9. The van der Waals surface area contributed by atoms with Gasteiger partial charge in [0.1, 0.15) is 18.2 Å². The summed E-state index contributed by atoms with van der Waals surface area (Å²) in [6.45, 7) is 1.57. The molecule has 0 radical (unpaired) electrons. The number of aromatic nitrogens is 4. The molecule has 1 fully saturated rings. The predicted molar refractivity (Wildman–Crippen MR) is 73.0 cm³/mol. The molecule has 1 aliphatic heterocycles. The molecule has 3 heterocycles. The Bertz CT molecular complexity index is 641.